The normalized spacial score (nSPS) is 10.4. The molecule has 0 fully saturated rings. The fourth-order valence-corrected chi connectivity index (χ4v) is 2.07. The molecule has 0 amide bonds. The van der Waals surface area contributed by atoms with Crippen molar-refractivity contribution in [3.8, 4) is 0 Å². The predicted octanol–water partition coefficient (Wildman–Crippen LogP) is 2.93. The number of fused-ring (bicyclic) bond motifs is 1. The van der Waals surface area contributed by atoms with Crippen molar-refractivity contribution in [2.75, 3.05) is 7.11 Å². The zero-order chi connectivity index (χ0) is 11.7. The lowest BCUT2D eigenvalue weighted by Crippen LogP contribution is -2.05. The first-order chi connectivity index (χ1) is 7.61. The Morgan fingerprint density at radius 1 is 1.38 bits per heavy atom. The number of nitrogens with zero attached hydrogens (tertiary/aromatic N) is 1. The van der Waals surface area contributed by atoms with E-state index in [9.17, 15) is 4.79 Å². The van der Waals surface area contributed by atoms with E-state index < -0.39 is 5.97 Å². The van der Waals surface area contributed by atoms with Gasteiger partial charge < -0.3 is 4.74 Å². The summed E-state index contributed by atoms with van der Waals surface area (Å²) in [7, 11) is 1.36. The molecule has 0 aliphatic heterocycles. The summed E-state index contributed by atoms with van der Waals surface area (Å²) < 4.78 is 5.81. The van der Waals surface area contributed by atoms with Gasteiger partial charge in [0.1, 0.15) is 5.69 Å². The van der Waals surface area contributed by atoms with Crippen molar-refractivity contribution < 1.29 is 9.53 Å². The summed E-state index contributed by atoms with van der Waals surface area (Å²) in [6, 6.07) is 7.69. The molecule has 0 saturated heterocycles. The van der Waals surface area contributed by atoms with Crippen molar-refractivity contribution in [3.05, 3.63) is 39.1 Å². The van der Waals surface area contributed by atoms with Gasteiger partial charge in [0.2, 0.25) is 0 Å². The van der Waals surface area contributed by atoms with E-state index >= 15 is 0 Å². The molecule has 0 N–H and O–H groups in total. The van der Waals surface area contributed by atoms with Crippen LogP contribution in [-0.4, -0.2) is 18.1 Å². The molecule has 0 aliphatic rings. The smallest absolute Gasteiger partial charge is 0.356 e. The Morgan fingerprint density at radius 3 is 2.81 bits per heavy atom. The average molecular weight is 327 g/mol. The third kappa shape index (κ3) is 2.02. The highest BCUT2D eigenvalue weighted by molar-refractivity contribution is 14.1. The van der Waals surface area contributed by atoms with E-state index in [0.29, 0.717) is 5.69 Å². The Balaban J connectivity index is 2.68. The molecule has 2 rings (SSSR count). The fraction of sp³-hybridized carbons (Fsp3) is 0.167. The molecule has 4 heteroatoms. The molecule has 82 valence electrons. The topological polar surface area (TPSA) is 39.2 Å². The largest absolute Gasteiger partial charge is 0.464 e. The van der Waals surface area contributed by atoms with Crippen LogP contribution < -0.4 is 0 Å². The lowest BCUT2D eigenvalue weighted by atomic mass is 10.1. The molecule has 0 spiro atoms. The first-order valence-corrected chi connectivity index (χ1v) is 5.85. The van der Waals surface area contributed by atoms with Crippen LogP contribution in [0.15, 0.2) is 24.3 Å². The van der Waals surface area contributed by atoms with Crippen LogP contribution in [0, 0.1) is 10.5 Å². The Morgan fingerprint density at radius 2 is 2.12 bits per heavy atom. The first-order valence-electron chi connectivity index (χ1n) is 4.77. The van der Waals surface area contributed by atoms with E-state index in [1.54, 1.807) is 6.07 Å². The van der Waals surface area contributed by atoms with E-state index in [2.05, 4.69) is 38.4 Å². The molecule has 0 saturated carbocycles. The third-order valence-electron chi connectivity index (χ3n) is 2.37. The Bertz CT molecular complexity index is 566. The molecule has 1 aromatic carbocycles. The van der Waals surface area contributed by atoms with Gasteiger partial charge in [-0.3, -0.25) is 0 Å². The number of carbonyl (C=O) groups excluding carboxylic acids is 1. The minimum absolute atomic E-state index is 0.355. The highest BCUT2D eigenvalue weighted by Crippen LogP contribution is 2.20. The van der Waals surface area contributed by atoms with E-state index in [0.717, 1.165) is 20.0 Å². The number of carbonyl (C=O) groups is 1. The number of esters is 1. The van der Waals surface area contributed by atoms with Crippen LogP contribution in [0.4, 0.5) is 0 Å². The molecule has 0 bridgehead atoms. The third-order valence-corrected chi connectivity index (χ3v) is 3.04. The minimum atomic E-state index is -0.399. The van der Waals surface area contributed by atoms with Gasteiger partial charge in [0.05, 0.1) is 12.6 Å². The monoisotopic (exact) mass is 327 g/mol. The van der Waals surface area contributed by atoms with Crippen LogP contribution in [0.2, 0.25) is 0 Å². The molecule has 0 atom stereocenters. The SMILES string of the molecule is COC(=O)c1cc(C)c2cc(I)ccc2n1. The number of ether oxygens (including phenoxy) is 1. The van der Waals surface area contributed by atoms with Crippen LogP contribution in [0.1, 0.15) is 16.1 Å². The van der Waals surface area contributed by atoms with Gasteiger partial charge in [-0.15, -0.1) is 0 Å². The summed E-state index contributed by atoms with van der Waals surface area (Å²) in [6.45, 7) is 1.96. The molecule has 16 heavy (non-hydrogen) atoms. The molecule has 0 aliphatic carbocycles. The number of benzene rings is 1. The lowest BCUT2D eigenvalue weighted by Gasteiger charge is -2.05. The minimum Gasteiger partial charge on any atom is -0.464 e. The van der Waals surface area contributed by atoms with E-state index in [4.69, 9.17) is 0 Å². The number of aryl methyl sites for hydroxylation is 1. The Kier molecular flexibility index (Phi) is 3.09. The van der Waals surface area contributed by atoms with Crippen LogP contribution in [0.5, 0.6) is 0 Å². The average Bonchev–Trinajstić information content (AvgIpc) is 2.28. The van der Waals surface area contributed by atoms with Crippen LogP contribution in [0.3, 0.4) is 0 Å². The highest BCUT2D eigenvalue weighted by Gasteiger charge is 2.10. The predicted molar refractivity (Wildman–Crippen MR) is 70.5 cm³/mol. The van der Waals surface area contributed by atoms with Crippen molar-refractivity contribution in [2.24, 2.45) is 0 Å². The Hall–Kier alpha value is -1.17. The lowest BCUT2D eigenvalue weighted by molar-refractivity contribution is 0.0594. The van der Waals surface area contributed by atoms with Crippen molar-refractivity contribution in [1.82, 2.24) is 4.98 Å². The van der Waals surface area contributed by atoms with Crippen molar-refractivity contribution in [3.63, 3.8) is 0 Å². The summed E-state index contributed by atoms with van der Waals surface area (Å²) in [5, 5.41) is 1.07. The first kappa shape index (κ1) is 11.3. The van der Waals surface area contributed by atoms with Gasteiger partial charge in [-0.1, -0.05) is 0 Å². The molecule has 0 unspecified atom stereocenters. The summed E-state index contributed by atoms with van der Waals surface area (Å²) in [5.41, 5.74) is 2.21. The number of halogens is 1. The van der Waals surface area contributed by atoms with Crippen LogP contribution >= 0.6 is 22.6 Å². The van der Waals surface area contributed by atoms with Gasteiger partial charge in [-0.25, -0.2) is 9.78 Å². The maximum atomic E-state index is 11.4. The second kappa shape index (κ2) is 4.37. The molecular weight excluding hydrogens is 317 g/mol. The Labute approximate surface area is 107 Å². The van der Waals surface area contributed by atoms with E-state index in [1.807, 2.05) is 19.1 Å². The summed E-state index contributed by atoms with van der Waals surface area (Å²) in [4.78, 5) is 15.7. The number of pyridine rings is 1. The number of aromatic nitrogens is 1. The maximum absolute atomic E-state index is 11.4. The zero-order valence-corrected chi connectivity index (χ0v) is 11.1. The van der Waals surface area contributed by atoms with Crippen LogP contribution in [-0.2, 0) is 4.74 Å². The molecule has 1 heterocycles. The van der Waals surface area contributed by atoms with Crippen LogP contribution in [0.25, 0.3) is 10.9 Å². The van der Waals surface area contributed by atoms with Gasteiger partial charge in [-0.05, 0) is 59.3 Å². The van der Waals surface area contributed by atoms with E-state index in [1.165, 1.54) is 7.11 Å². The number of hydrogen-bond donors (Lipinski definition) is 0. The zero-order valence-electron chi connectivity index (χ0n) is 8.95. The molecular formula is C12H10INO2. The molecule has 0 radical (unpaired) electrons. The van der Waals surface area contributed by atoms with Gasteiger partial charge in [0.15, 0.2) is 0 Å². The standard InChI is InChI=1S/C12H10INO2/c1-7-5-11(12(15)16-2)14-10-4-3-8(13)6-9(7)10/h3-6H,1-2H3. The van der Waals surface area contributed by atoms with Gasteiger partial charge in [0, 0.05) is 8.96 Å². The number of methoxy groups -OCH3 is 1. The number of hydrogen-bond acceptors (Lipinski definition) is 3. The molecule has 3 nitrogen and oxygen atoms in total. The maximum Gasteiger partial charge on any atom is 0.356 e. The quantitative estimate of drug-likeness (QED) is 0.597. The van der Waals surface area contributed by atoms with Gasteiger partial charge >= 0.3 is 5.97 Å². The fourth-order valence-electron chi connectivity index (χ4n) is 1.58. The van der Waals surface area contributed by atoms with Crippen molar-refractivity contribution >= 4 is 39.5 Å². The van der Waals surface area contributed by atoms with Crippen molar-refractivity contribution in [1.29, 1.82) is 0 Å². The second-order valence-electron chi connectivity index (χ2n) is 3.48. The second-order valence-corrected chi connectivity index (χ2v) is 4.72. The number of rotatable bonds is 1. The van der Waals surface area contributed by atoms with E-state index in [-0.39, 0.29) is 0 Å². The molecule has 1 aromatic heterocycles. The summed E-state index contributed by atoms with van der Waals surface area (Å²) >= 11 is 2.25. The van der Waals surface area contributed by atoms with Gasteiger partial charge in [0.25, 0.3) is 0 Å². The summed E-state index contributed by atoms with van der Waals surface area (Å²) in [5.74, 6) is -0.399. The van der Waals surface area contributed by atoms with Gasteiger partial charge in [-0.2, -0.15) is 0 Å². The highest BCUT2D eigenvalue weighted by atomic mass is 127. The van der Waals surface area contributed by atoms with Crippen molar-refractivity contribution in [2.45, 2.75) is 6.92 Å². The molecule has 2 aromatic rings. The summed E-state index contributed by atoms with van der Waals surface area (Å²) in [6.07, 6.45) is 0.